The Bertz CT molecular complexity index is 427. The van der Waals surface area contributed by atoms with Gasteiger partial charge in [-0.25, -0.2) is 0 Å². The molecule has 98 valence electrons. The topological polar surface area (TPSA) is 36.4 Å². The fraction of sp³-hybridized carbons (Fsp3) is 0.500. The van der Waals surface area contributed by atoms with E-state index in [-0.39, 0.29) is 6.04 Å². The molecular formula is C14H20ClN3. The molecule has 1 fully saturated rings. The number of hydrogen-bond donors (Lipinski definition) is 2. The molecule has 0 spiro atoms. The highest BCUT2D eigenvalue weighted by molar-refractivity contribution is 6.30. The molecule has 1 aliphatic carbocycles. The molecule has 2 N–H and O–H groups in total. The molecule has 0 heterocycles. The van der Waals surface area contributed by atoms with Crippen molar-refractivity contribution in [2.75, 3.05) is 7.05 Å². The number of nitrogens with zero attached hydrogens (tertiary/aromatic N) is 1. The van der Waals surface area contributed by atoms with E-state index in [0.717, 1.165) is 11.0 Å². The molecule has 0 saturated heterocycles. The fourth-order valence-corrected chi connectivity index (χ4v) is 2.18. The maximum atomic E-state index is 6.00. The fourth-order valence-electron chi connectivity index (χ4n) is 1.98. The summed E-state index contributed by atoms with van der Waals surface area (Å²) in [5.41, 5.74) is 1.17. The molecule has 1 aromatic rings. The van der Waals surface area contributed by atoms with Gasteiger partial charge in [0.15, 0.2) is 5.96 Å². The van der Waals surface area contributed by atoms with Crippen LogP contribution in [-0.4, -0.2) is 19.0 Å². The van der Waals surface area contributed by atoms with Gasteiger partial charge in [-0.05, 0) is 43.9 Å². The molecule has 0 radical (unpaired) electrons. The Balaban J connectivity index is 1.94. The van der Waals surface area contributed by atoms with Crippen LogP contribution in [0.3, 0.4) is 0 Å². The van der Waals surface area contributed by atoms with Gasteiger partial charge in [0, 0.05) is 18.1 Å². The third-order valence-electron chi connectivity index (χ3n) is 3.37. The van der Waals surface area contributed by atoms with Gasteiger partial charge < -0.3 is 10.6 Å². The summed E-state index contributed by atoms with van der Waals surface area (Å²) >= 11 is 6.00. The minimum atomic E-state index is 0.190. The van der Waals surface area contributed by atoms with Gasteiger partial charge >= 0.3 is 0 Å². The number of hydrogen-bond acceptors (Lipinski definition) is 1. The Morgan fingerprint density at radius 1 is 1.44 bits per heavy atom. The quantitative estimate of drug-likeness (QED) is 0.651. The Labute approximate surface area is 114 Å². The van der Waals surface area contributed by atoms with E-state index >= 15 is 0 Å². The summed E-state index contributed by atoms with van der Waals surface area (Å²) in [6.45, 7) is 2.11. The van der Waals surface area contributed by atoms with Crippen molar-refractivity contribution >= 4 is 17.6 Å². The molecule has 1 atom stereocenters. The standard InChI is InChI=1S/C14H20ClN3/c1-10(11-5-3-6-12(15)9-11)17-14(16-2)18-13-7-4-8-13/h3,5-6,9-10,13H,4,7-8H2,1-2H3,(H2,16,17,18). The lowest BCUT2D eigenvalue weighted by molar-refractivity contribution is 0.378. The van der Waals surface area contributed by atoms with Crippen molar-refractivity contribution in [2.45, 2.75) is 38.3 Å². The summed E-state index contributed by atoms with van der Waals surface area (Å²) in [6, 6.07) is 8.69. The van der Waals surface area contributed by atoms with E-state index in [4.69, 9.17) is 11.6 Å². The van der Waals surface area contributed by atoms with Crippen molar-refractivity contribution in [1.82, 2.24) is 10.6 Å². The predicted molar refractivity (Wildman–Crippen MR) is 77.1 cm³/mol. The molecule has 18 heavy (non-hydrogen) atoms. The number of rotatable bonds is 3. The molecule has 3 nitrogen and oxygen atoms in total. The first kappa shape index (κ1) is 13.2. The summed E-state index contributed by atoms with van der Waals surface area (Å²) < 4.78 is 0. The van der Waals surface area contributed by atoms with Gasteiger partial charge in [0.2, 0.25) is 0 Å². The van der Waals surface area contributed by atoms with Crippen LogP contribution in [-0.2, 0) is 0 Å². The van der Waals surface area contributed by atoms with Crippen LogP contribution in [0.15, 0.2) is 29.3 Å². The molecule has 1 aromatic carbocycles. The summed E-state index contributed by atoms with van der Waals surface area (Å²) in [6.07, 6.45) is 3.80. The van der Waals surface area contributed by atoms with E-state index < -0.39 is 0 Å². The molecular weight excluding hydrogens is 246 g/mol. The second-order valence-electron chi connectivity index (χ2n) is 4.77. The Kier molecular flexibility index (Phi) is 4.48. The first-order valence-corrected chi connectivity index (χ1v) is 6.82. The molecule has 0 aliphatic heterocycles. The molecule has 1 saturated carbocycles. The van der Waals surface area contributed by atoms with Crippen LogP contribution in [0.2, 0.25) is 5.02 Å². The van der Waals surface area contributed by atoms with Gasteiger partial charge in [0.25, 0.3) is 0 Å². The van der Waals surface area contributed by atoms with E-state index in [0.29, 0.717) is 6.04 Å². The van der Waals surface area contributed by atoms with E-state index in [1.165, 1.54) is 24.8 Å². The van der Waals surface area contributed by atoms with Crippen LogP contribution >= 0.6 is 11.6 Å². The summed E-state index contributed by atoms with van der Waals surface area (Å²) in [5, 5.41) is 7.58. The molecule has 4 heteroatoms. The second kappa shape index (κ2) is 6.10. The minimum Gasteiger partial charge on any atom is -0.354 e. The normalized spacial score (nSPS) is 18.1. The van der Waals surface area contributed by atoms with E-state index in [9.17, 15) is 0 Å². The van der Waals surface area contributed by atoms with Crippen molar-refractivity contribution < 1.29 is 0 Å². The van der Waals surface area contributed by atoms with Crippen LogP contribution in [0.4, 0.5) is 0 Å². The highest BCUT2D eigenvalue weighted by Gasteiger charge is 2.19. The largest absolute Gasteiger partial charge is 0.354 e. The maximum Gasteiger partial charge on any atom is 0.191 e. The Morgan fingerprint density at radius 2 is 2.22 bits per heavy atom. The number of aliphatic imine (C=N–C) groups is 1. The zero-order chi connectivity index (χ0) is 13.0. The van der Waals surface area contributed by atoms with Crippen molar-refractivity contribution in [3.8, 4) is 0 Å². The zero-order valence-electron chi connectivity index (χ0n) is 10.9. The SMILES string of the molecule is CN=C(NC1CCC1)NC(C)c1cccc(Cl)c1. The number of nitrogens with one attached hydrogen (secondary N) is 2. The van der Waals surface area contributed by atoms with E-state index in [1.807, 2.05) is 18.2 Å². The van der Waals surface area contributed by atoms with Crippen LogP contribution < -0.4 is 10.6 Å². The number of guanidine groups is 1. The van der Waals surface area contributed by atoms with Crippen molar-refractivity contribution in [3.05, 3.63) is 34.9 Å². The molecule has 0 aromatic heterocycles. The Morgan fingerprint density at radius 3 is 2.78 bits per heavy atom. The lowest BCUT2D eigenvalue weighted by atomic mass is 9.93. The third kappa shape index (κ3) is 3.39. The highest BCUT2D eigenvalue weighted by Crippen LogP contribution is 2.19. The first-order valence-electron chi connectivity index (χ1n) is 6.44. The summed E-state index contributed by atoms with van der Waals surface area (Å²) in [4.78, 5) is 4.26. The van der Waals surface area contributed by atoms with Crippen molar-refractivity contribution in [2.24, 2.45) is 4.99 Å². The number of benzene rings is 1. The van der Waals surface area contributed by atoms with Gasteiger partial charge in [-0.2, -0.15) is 0 Å². The van der Waals surface area contributed by atoms with Gasteiger partial charge in [0.05, 0.1) is 6.04 Å². The van der Waals surface area contributed by atoms with Crippen LogP contribution in [0.1, 0.15) is 37.8 Å². The zero-order valence-corrected chi connectivity index (χ0v) is 11.7. The second-order valence-corrected chi connectivity index (χ2v) is 5.20. The molecule has 1 unspecified atom stereocenters. The lowest BCUT2D eigenvalue weighted by Crippen LogP contribution is -2.46. The molecule has 0 amide bonds. The van der Waals surface area contributed by atoms with Gasteiger partial charge in [-0.1, -0.05) is 23.7 Å². The predicted octanol–water partition coefficient (Wildman–Crippen LogP) is 3.12. The monoisotopic (exact) mass is 265 g/mol. The summed E-state index contributed by atoms with van der Waals surface area (Å²) in [5.74, 6) is 0.868. The van der Waals surface area contributed by atoms with E-state index in [1.54, 1.807) is 7.05 Å². The third-order valence-corrected chi connectivity index (χ3v) is 3.61. The molecule has 1 aliphatic rings. The molecule has 0 bridgehead atoms. The Hall–Kier alpha value is -1.22. The highest BCUT2D eigenvalue weighted by atomic mass is 35.5. The van der Waals surface area contributed by atoms with Crippen LogP contribution in [0.25, 0.3) is 0 Å². The van der Waals surface area contributed by atoms with Gasteiger partial charge in [-0.15, -0.1) is 0 Å². The number of halogens is 1. The van der Waals surface area contributed by atoms with Crippen molar-refractivity contribution in [1.29, 1.82) is 0 Å². The van der Waals surface area contributed by atoms with Crippen LogP contribution in [0, 0.1) is 0 Å². The van der Waals surface area contributed by atoms with Gasteiger partial charge in [0.1, 0.15) is 0 Å². The van der Waals surface area contributed by atoms with Crippen molar-refractivity contribution in [3.63, 3.8) is 0 Å². The minimum absolute atomic E-state index is 0.190. The lowest BCUT2D eigenvalue weighted by Gasteiger charge is -2.29. The average Bonchev–Trinajstić information content (AvgIpc) is 2.31. The van der Waals surface area contributed by atoms with Gasteiger partial charge in [-0.3, -0.25) is 4.99 Å². The smallest absolute Gasteiger partial charge is 0.191 e. The average molecular weight is 266 g/mol. The molecule has 2 rings (SSSR count). The van der Waals surface area contributed by atoms with E-state index in [2.05, 4.69) is 28.6 Å². The first-order chi connectivity index (χ1) is 8.69. The maximum absolute atomic E-state index is 6.00. The van der Waals surface area contributed by atoms with Crippen LogP contribution in [0.5, 0.6) is 0 Å². The summed E-state index contributed by atoms with van der Waals surface area (Å²) in [7, 11) is 1.80.